The molecule has 3 aromatic rings. The molecule has 36 heavy (non-hydrogen) atoms. The molecule has 0 bridgehead atoms. The van der Waals surface area contributed by atoms with Gasteiger partial charge in [0.15, 0.2) is 22.8 Å². The van der Waals surface area contributed by atoms with Crippen LogP contribution in [-0.2, 0) is 11.4 Å². The van der Waals surface area contributed by atoms with E-state index >= 15 is 0 Å². The molecule has 1 amide bonds. The number of ether oxygens (including phenoxy) is 2. The fourth-order valence-electron chi connectivity index (χ4n) is 4.31. The summed E-state index contributed by atoms with van der Waals surface area (Å²) in [5.41, 5.74) is 0.468. The molecule has 0 unspecified atom stereocenters. The Bertz CT molecular complexity index is 1290. The lowest BCUT2D eigenvalue weighted by molar-refractivity contribution is -0.616. The summed E-state index contributed by atoms with van der Waals surface area (Å²) < 4.78 is 65.8. The highest BCUT2D eigenvalue weighted by Crippen LogP contribution is 2.45. The van der Waals surface area contributed by atoms with Gasteiger partial charge in [0.1, 0.15) is 6.61 Å². The van der Waals surface area contributed by atoms with Crippen molar-refractivity contribution >= 4 is 32.6 Å². The molecule has 192 valence electrons. The number of carbonyl (C=O) groups is 1. The predicted molar refractivity (Wildman–Crippen MR) is 119 cm³/mol. The molecule has 1 fully saturated rings. The summed E-state index contributed by atoms with van der Waals surface area (Å²) in [5.74, 6) is -5.14. The summed E-state index contributed by atoms with van der Waals surface area (Å²) in [6, 6.07) is 4.37. The number of hydrogen-bond donors (Lipinski definition) is 2. The van der Waals surface area contributed by atoms with Crippen molar-refractivity contribution in [1.82, 2.24) is 9.88 Å². The van der Waals surface area contributed by atoms with Crippen LogP contribution in [0.3, 0.4) is 0 Å². The average Bonchev–Trinajstić information content (AvgIpc) is 3.33. The van der Waals surface area contributed by atoms with Crippen LogP contribution in [0.2, 0.25) is 0 Å². The summed E-state index contributed by atoms with van der Waals surface area (Å²) in [6.07, 6.45) is -3.17. The van der Waals surface area contributed by atoms with Crippen LogP contribution in [0.5, 0.6) is 11.5 Å². The number of rotatable bonds is 5. The molecule has 2 aliphatic heterocycles. The summed E-state index contributed by atoms with van der Waals surface area (Å²) in [5, 5.41) is 23.9. The van der Waals surface area contributed by atoms with Crippen molar-refractivity contribution in [3.8, 4) is 11.5 Å². The minimum Gasteiger partial charge on any atom is -0.618 e. The molecule has 0 radical (unpaired) electrons. The Labute approximate surface area is 205 Å². The van der Waals surface area contributed by atoms with Crippen LogP contribution in [-0.4, -0.2) is 52.2 Å². The zero-order chi connectivity index (χ0) is 25.8. The van der Waals surface area contributed by atoms with Gasteiger partial charge in [-0.3, -0.25) is 9.69 Å². The highest BCUT2D eigenvalue weighted by molar-refractivity contribution is 7.22. The second-order valence-electron chi connectivity index (χ2n) is 8.61. The van der Waals surface area contributed by atoms with Crippen molar-refractivity contribution in [2.75, 3.05) is 18.4 Å². The topological polar surface area (TPSA) is 111 Å². The maximum atomic E-state index is 14.8. The minimum atomic E-state index is -3.75. The van der Waals surface area contributed by atoms with Crippen LogP contribution < -0.4 is 19.5 Å². The van der Waals surface area contributed by atoms with Crippen LogP contribution >= 0.6 is 11.3 Å². The van der Waals surface area contributed by atoms with Crippen LogP contribution in [0.25, 0.3) is 10.2 Å². The minimum absolute atomic E-state index is 0.0329. The molecule has 2 aliphatic rings. The largest absolute Gasteiger partial charge is 0.618 e. The number of fused-ring (bicyclic) bond motifs is 2. The molecule has 14 heteroatoms. The maximum absolute atomic E-state index is 14.8. The van der Waals surface area contributed by atoms with Crippen molar-refractivity contribution < 1.29 is 41.7 Å². The number of aliphatic hydroxyl groups excluding tert-OH is 1. The average molecular weight is 528 g/mol. The monoisotopic (exact) mass is 528 g/mol. The number of pyridine rings is 1. The number of carbonyl (C=O) groups excluding carboxylic acids is 1. The lowest BCUT2D eigenvalue weighted by atomic mass is 9.86. The fraction of sp³-hybridized carbons (Fsp3) is 0.409. The van der Waals surface area contributed by atoms with E-state index in [1.54, 1.807) is 11.8 Å². The van der Waals surface area contributed by atoms with Crippen molar-refractivity contribution in [3.63, 3.8) is 0 Å². The normalized spacial score (nSPS) is 21.4. The molecular formula is C22H20F4N4O5S. The first-order chi connectivity index (χ1) is 17.0. The van der Waals surface area contributed by atoms with E-state index in [9.17, 15) is 32.7 Å². The first kappa shape index (κ1) is 24.5. The number of amides is 1. The number of piperidine rings is 1. The SMILES string of the molecule is C[C@@H](C(=O)Nc1nc2cc3c(cc2s1)OC(F)(F)O3)N1CCC(F)(F)[C@H](c2cc[n+]([O-])c(CO)c2)C1. The van der Waals surface area contributed by atoms with E-state index in [0.29, 0.717) is 14.9 Å². The number of halogens is 4. The van der Waals surface area contributed by atoms with Gasteiger partial charge in [-0.15, -0.1) is 8.78 Å². The third kappa shape index (κ3) is 4.51. The van der Waals surface area contributed by atoms with Crippen molar-refractivity contribution in [3.05, 3.63) is 46.9 Å². The van der Waals surface area contributed by atoms with E-state index in [-0.39, 0.29) is 41.0 Å². The predicted octanol–water partition coefficient (Wildman–Crippen LogP) is 3.20. The second-order valence-corrected chi connectivity index (χ2v) is 9.64. The molecule has 2 aromatic heterocycles. The van der Waals surface area contributed by atoms with Crippen LogP contribution in [0.4, 0.5) is 22.7 Å². The number of aliphatic hydroxyl groups is 1. The second kappa shape index (κ2) is 8.71. The molecule has 2 N–H and O–H groups in total. The molecule has 9 nitrogen and oxygen atoms in total. The van der Waals surface area contributed by atoms with E-state index in [1.165, 1.54) is 24.3 Å². The standard InChI is InChI=1S/C22H20F4N4O5S/c1-11(29-5-3-21(23,24)14(9-29)12-2-4-30(33)13(6-12)10-31)19(32)28-20-27-15-7-16-17(8-18(15)36-20)35-22(25,26)34-16/h2,4,6-8,11,14,31H,3,5,9-10H2,1H3,(H,27,28,32)/t11-,14-/m0/s1. The third-order valence-corrected chi connectivity index (χ3v) is 7.24. The van der Waals surface area contributed by atoms with E-state index in [2.05, 4.69) is 19.8 Å². The van der Waals surface area contributed by atoms with Crippen LogP contribution in [0.15, 0.2) is 30.5 Å². The number of anilines is 1. The van der Waals surface area contributed by atoms with Gasteiger partial charge in [0.2, 0.25) is 11.6 Å². The van der Waals surface area contributed by atoms with Gasteiger partial charge in [0.25, 0.3) is 5.92 Å². The smallest absolute Gasteiger partial charge is 0.586 e. The number of nitrogens with zero attached hydrogens (tertiary/aromatic N) is 3. The van der Waals surface area contributed by atoms with Gasteiger partial charge in [-0.2, -0.15) is 4.73 Å². The molecule has 0 saturated carbocycles. The molecule has 5 rings (SSSR count). The first-order valence-electron chi connectivity index (χ1n) is 10.9. The van der Waals surface area contributed by atoms with Gasteiger partial charge >= 0.3 is 6.29 Å². The van der Waals surface area contributed by atoms with Crippen molar-refractivity contribution in [1.29, 1.82) is 0 Å². The number of nitrogens with one attached hydrogen (secondary N) is 1. The highest BCUT2D eigenvalue weighted by Gasteiger charge is 2.47. The quantitative estimate of drug-likeness (QED) is 0.297. The number of aromatic nitrogens is 2. The summed E-state index contributed by atoms with van der Waals surface area (Å²) in [6.45, 7) is 0.806. The van der Waals surface area contributed by atoms with Gasteiger partial charge in [0, 0.05) is 43.8 Å². The van der Waals surface area contributed by atoms with Gasteiger partial charge in [-0.25, -0.2) is 13.8 Å². The molecule has 0 aliphatic carbocycles. The Morgan fingerprint density at radius 2 is 2.06 bits per heavy atom. The van der Waals surface area contributed by atoms with E-state index < -0.39 is 43.1 Å². The zero-order valence-electron chi connectivity index (χ0n) is 18.7. The number of thiazole rings is 1. The van der Waals surface area contributed by atoms with Crippen molar-refractivity contribution in [2.45, 2.75) is 44.1 Å². The first-order valence-corrected chi connectivity index (χ1v) is 11.7. The van der Waals surface area contributed by atoms with Crippen LogP contribution in [0.1, 0.15) is 30.5 Å². The molecular weight excluding hydrogens is 508 g/mol. The van der Waals surface area contributed by atoms with Gasteiger partial charge in [-0.05, 0) is 12.5 Å². The van der Waals surface area contributed by atoms with Crippen LogP contribution in [0, 0.1) is 5.21 Å². The van der Waals surface area contributed by atoms with E-state index in [1.807, 2.05) is 0 Å². The lowest BCUT2D eigenvalue weighted by Gasteiger charge is -2.40. The van der Waals surface area contributed by atoms with Gasteiger partial charge in [-0.1, -0.05) is 11.3 Å². The Hall–Kier alpha value is -3.23. The number of alkyl halides is 4. The number of hydrogen-bond acceptors (Lipinski definition) is 8. The summed E-state index contributed by atoms with van der Waals surface area (Å²) >= 11 is 1.04. The molecule has 1 saturated heterocycles. The number of likely N-dealkylation sites (tertiary alicyclic amines) is 1. The zero-order valence-corrected chi connectivity index (χ0v) is 19.5. The van der Waals surface area contributed by atoms with E-state index in [0.717, 1.165) is 17.5 Å². The Morgan fingerprint density at radius 3 is 2.78 bits per heavy atom. The van der Waals surface area contributed by atoms with E-state index in [4.69, 9.17) is 0 Å². The molecule has 4 heterocycles. The lowest BCUT2D eigenvalue weighted by Crippen LogP contribution is -2.52. The maximum Gasteiger partial charge on any atom is 0.586 e. The molecule has 2 atom stereocenters. The van der Waals surface area contributed by atoms with Gasteiger partial charge in [0.05, 0.1) is 22.2 Å². The van der Waals surface area contributed by atoms with Gasteiger partial charge < -0.3 is 25.1 Å². The van der Waals surface area contributed by atoms with Crippen molar-refractivity contribution in [2.24, 2.45) is 0 Å². The summed E-state index contributed by atoms with van der Waals surface area (Å²) in [7, 11) is 0. The molecule has 0 spiro atoms. The Morgan fingerprint density at radius 1 is 1.33 bits per heavy atom. The summed E-state index contributed by atoms with van der Waals surface area (Å²) in [4.78, 5) is 18.8. The highest BCUT2D eigenvalue weighted by atomic mass is 32.1. The fourth-order valence-corrected chi connectivity index (χ4v) is 5.19. The Balaban J connectivity index is 1.30. The Kier molecular flexibility index (Phi) is 5.92. The molecule has 1 aromatic carbocycles. The third-order valence-electron chi connectivity index (χ3n) is 6.31. The number of benzene rings is 1.